The van der Waals surface area contributed by atoms with Gasteiger partial charge in [0.05, 0.1) is 19.8 Å². The second-order valence-electron chi connectivity index (χ2n) is 4.92. The van der Waals surface area contributed by atoms with Gasteiger partial charge in [0.15, 0.2) is 5.41 Å². The van der Waals surface area contributed by atoms with Crippen LogP contribution in [-0.2, 0) is 32.1 Å². The molecule has 0 aliphatic rings. The summed E-state index contributed by atoms with van der Waals surface area (Å²) in [6.07, 6.45) is 0.191. The van der Waals surface area contributed by atoms with E-state index in [0.29, 0.717) is 0 Å². The Kier molecular flexibility index (Phi) is 6.37. The van der Waals surface area contributed by atoms with E-state index in [2.05, 4.69) is 0 Å². The second kappa shape index (κ2) is 7.78. The SMILES string of the molecule is CCOC(=O)C(C)(Cc1ccc(CO)cc1)C(=O)OCC. The Labute approximate surface area is 124 Å². The third kappa shape index (κ3) is 4.29. The summed E-state index contributed by atoms with van der Waals surface area (Å²) in [5, 5.41) is 9.03. The van der Waals surface area contributed by atoms with Crippen molar-refractivity contribution in [2.45, 2.75) is 33.8 Å². The number of rotatable bonds is 7. The third-order valence-corrected chi connectivity index (χ3v) is 3.22. The van der Waals surface area contributed by atoms with E-state index in [1.54, 1.807) is 38.1 Å². The van der Waals surface area contributed by atoms with Crippen LogP contribution < -0.4 is 0 Å². The first kappa shape index (κ1) is 17.2. The summed E-state index contributed by atoms with van der Waals surface area (Å²) in [5.41, 5.74) is 0.204. The summed E-state index contributed by atoms with van der Waals surface area (Å²) in [6.45, 7) is 5.28. The maximum absolute atomic E-state index is 12.1. The van der Waals surface area contributed by atoms with Gasteiger partial charge in [-0.1, -0.05) is 24.3 Å². The van der Waals surface area contributed by atoms with Crippen molar-refractivity contribution in [3.63, 3.8) is 0 Å². The molecule has 0 aliphatic heterocycles. The largest absolute Gasteiger partial charge is 0.465 e. The van der Waals surface area contributed by atoms with Gasteiger partial charge in [-0.3, -0.25) is 9.59 Å². The number of hydrogen-bond acceptors (Lipinski definition) is 5. The molecule has 0 radical (unpaired) electrons. The van der Waals surface area contributed by atoms with Crippen molar-refractivity contribution >= 4 is 11.9 Å². The van der Waals surface area contributed by atoms with E-state index >= 15 is 0 Å². The van der Waals surface area contributed by atoms with Gasteiger partial charge in [-0.15, -0.1) is 0 Å². The molecule has 5 heteroatoms. The molecule has 1 N–H and O–H groups in total. The fraction of sp³-hybridized carbons (Fsp3) is 0.500. The molecule has 0 fully saturated rings. The van der Waals surface area contributed by atoms with Crippen LogP contribution in [0.1, 0.15) is 31.9 Å². The van der Waals surface area contributed by atoms with Crippen LogP contribution in [0.5, 0.6) is 0 Å². The fourth-order valence-corrected chi connectivity index (χ4v) is 1.98. The van der Waals surface area contributed by atoms with Crippen LogP contribution in [0, 0.1) is 5.41 Å². The summed E-state index contributed by atoms with van der Waals surface area (Å²) < 4.78 is 10.0. The Balaban J connectivity index is 3.00. The number of aliphatic hydroxyl groups is 1. The molecule has 1 aromatic rings. The number of esters is 2. The number of benzene rings is 1. The molecule has 5 nitrogen and oxygen atoms in total. The van der Waals surface area contributed by atoms with Gasteiger partial charge in [0.25, 0.3) is 0 Å². The summed E-state index contributed by atoms with van der Waals surface area (Å²) in [5.74, 6) is -1.18. The summed E-state index contributed by atoms with van der Waals surface area (Å²) in [7, 11) is 0. The molecule has 1 rings (SSSR count). The molecule has 0 saturated heterocycles. The van der Waals surface area contributed by atoms with E-state index in [4.69, 9.17) is 14.6 Å². The molecule has 0 saturated carbocycles. The van der Waals surface area contributed by atoms with Crippen molar-refractivity contribution in [2.24, 2.45) is 5.41 Å². The highest BCUT2D eigenvalue weighted by Gasteiger charge is 2.44. The molecule has 0 spiro atoms. The molecule has 0 amide bonds. The molecule has 1 aromatic carbocycles. The predicted octanol–water partition coefficient (Wildman–Crippen LogP) is 1.85. The average molecular weight is 294 g/mol. The van der Waals surface area contributed by atoms with Gasteiger partial charge in [0.1, 0.15) is 0 Å². The zero-order valence-electron chi connectivity index (χ0n) is 12.7. The van der Waals surface area contributed by atoms with Crippen LogP contribution in [-0.4, -0.2) is 30.3 Å². The lowest BCUT2D eigenvalue weighted by Gasteiger charge is -2.25. The monoisotopic (exact) mass is 294 g/mol. The number of ether oxygens (including phenoxy) is 2. The topological polar surface area (TPSA) is 72.8 Å². The smallest absolute Gasteiger partial charge is 0.323 e. The third-order valence-electron chi connectivity index (χ3n) is 3.22. The molecule has 0 bridgehead atoms. The Morgan fingerprint density at radius 3 is 1.81 bits per heavy atom. The van der Waals surface area contributed by atoms with E-state index in [-0.39, 0.29) is 26.2 Å². The number of hydrogen-bond donors (Lipinski definition) is 1. The quantitative estimate of drug-likeness (QED) is 0.614. The van der Waals surface area contributed by atoms with Gasteiger partial charge in [-0.05, 0) is 38.3 Å². The fourth-order valence-electron chi connectivity index (χ4n) is 1.98. The van der Waals surface area contributed by atoms with Gasteiger partial charge in [-0.25, -0.2) is 0 Å². The van der Waals surface area contributed by atoms with E-state index in [1.165, 1.54) is 6.92 Å². The van der Waals surface area contributed by atoms with Crippen LogP contribution in [0.15, 0.2) is 24.3 Å². The lowest BCUT2D eigenvalue weighted by atomic mass is 9.83. The average Bonchev–Trinajstić information content (AvgIpc) is 2.48. The van der Waals surface area contributed by atoms with Crippen LogP contribution >= 0.6 is 0 Å². The van der Waals surface area contributed by atoms with E-state index in [1.807, 2.05) is 0 Å². The molecular weight excluding hydrogens is 272 g/mol. The lowest BCUT2D eigenvalue weighted by Crippen LogP contribution is -2.41. The molecule has 21 heavy (non-hydrogen) atoms. The number of aliphatic hydroxyl groups excluding tert-OH is 1. The maximum atomic E-state index is 12.1. The van der Waals surface area contributed by atoms with E-state index in [0.717, 1.165) is 11.1 Å². The first-order chi connectivity index (χ1) is 9.97. The van der Waals surface area contributed by atoms with Gasteiger partial charge >= 0.3 is 11.9 Å². The van der Waals surface area contributed by atoms with Gasteiger partial charge in [0, 0.05) is 0 Å². The normalized spacial score (nSPS) is 11.0. The zero-order chi connectivity index (χ0) is 15.9. The van der Waals surface area contributed by atoms with Crippen LogP contribution in [0.4, 0.5) is 0 Å². The van der Waals surface area contributed by atoms with Crippen molar-refractivity contribution < 1.29 is 24.2 Å². The summed E-state index contributed by atoms with van der Waals surface area (Å²) >= 11 is 0. The van der Waals surface area contributed by atoms with Crippen LogP contribution in [0.3, 0.4) is 0 Å². The number of carbonyl (C=O) groups is 2. The van der Waals surface area contributed by atoms with Crippen molar-refractivity contribution in [1.29, 1.82) is 0 Å². The first-order valence-electron chi connectivity index (χ1n) is 7.01. The predicted molar refractivity (Wildman–Crippen MR) is 77.4 cm³/mol. The van der Waals surface area contributed by atoms with Crippen molar-refractivity contribution in [3.8, 4) is 0 Å². The van der Waals surface area contributed by atoms with Gasteiger partial charge in [0.2, 0.25) is 0 Å². The van der Waals surface area contributed by atoms with Crippen molar-refractivity contribution in [3.05, 3.63) is 35.4 Å². The molecule has 0 heterocycles. The molecular formula is C16H22O5. The van der Waals surface area contributed by atoms with Crippen LogP contribution in [0.2, 0.25) is 0 Å². The van der Waals surface area contributed by atoms with Crippen molar-refractivity contribution in [2.75, 3.05) is 13.2 Å². The second-order valence-corrected chi connectivity index (χ2v) is 4.92. The minimum absolute atomic E-state index is 0.0483. The molecule has 0 unspecified atom stereocenters. The van der Waals surface area contributed by atoms with E-state index < -0.39 is 17.4 Å². The minimum Gasteiger partial charge on any atom is -0.465 e. The highest BCUT2D eigenvalue weighted by Crippen LogP contribution is 2.27. The van der Waals surface area contributed by atoms with Crippen molar-refractivity contribution in [1.82, 2.24) is 0 Å². The highest BCUT2D eigenvalue weighted by molar-refractivity contribution is 5.99. The summed E-state index contributed by atoms with van der Waals surface area (Å²) in [6, 6.07) is 7.07. The Morgan fingerprint density at radius 2 is 1.43 bits per heavy atom. The minimum atomic E-state index is -1.37. The molecule has 0 atom stereocenters. The zero-order valence-corrected chi connectivity index (χ0v) is 12.7. The first-order valence-corrected chi connectivity index (χ1v) is 7.01. The number of carbonyl (C=O) groups excluding carboxylic acids is 2. The van der Waals surface area contributed by atoms with Crippen LogP contribution in [0.25, 0.3) is 0 Å². The molecule has 116 valence electrons. The maximum Gasteiger partial charge on any atom is 0.323 e. The molecule has 0 aromatic heterocycles. The standard InChI is InChI=1S/C16H22O5/c1-4-20-14(18)16(3,15(19)21-5-2)10-12-6-8-13(11-17)9-7-12/h6-9,17H,4-5,10-11H2,1-3H3. The Bertz CT molecular complexity index is 460. The van der Waals surface area contributed by atoms with Gasteiger partial charge in [-0.2, -0.15) is 0 Å². The summed E-state index contributed by atoms with van der Waals surface area (Å²) in [4.78, 5) is 24.3. The van der Waals surface area contributed by atoms with E-state index in [9.17, 15) is 9.59 Å². The Morgan fingerprint density at radius 1 is 1.00 bits per heavy atom. The van der Waals surface area contributed by atoms with Gasteiger partial charge < -0.3 is 14.6 Å². The Hall–Kier alpha value is -1.88. The molecule has 0 aliphatic carbocycles. The lowest BCUT2D eigenvalue weighted by molar-refractivity contribution is -0.170. The highest BCUT2D eigenvalue weighted by atomic mass is 16.6.